The molecule has 0 bridgehead atoms. The summed E-state index contributed by atoms with van der Waals surface area (Å²) in [6.45, 7) is 1.97. The maximum Gasteiger partial charge on any atom is 0.256 e. The van der Waals surface area contributed by atoms with Crippen LogP contribution in [0.1, 0.15) is 15.9 Å². The van der Waals surface area contributed by atoms with Crippen LogP contribution in [-0.2, 0) is 0 Å². The third kappa shape index (κ3) is 4.07. The zero-order valence-electron chi connectivity index (χ0n) is 10.3. The summed E-state index contributed by atoms with van der Waals surface area (Å²) in [5.74, 6) is -0.0994. The van der Waals surface area contributed by atoms with E-state index in [0.717, 1.165) is 26.4 Å². The highest BCUT2D eigenvalue weighted by Crippen LogP contribution is 2.28. The van der Waals surface area contributed by atoms with E-state index in [2.05, 4.69) is 89.0 Å². The molecule has 2 aromatic carbocycles. The fraction of sp³-hybridized carbons (Fsp3) is 0.0714. The van der Waals surface area contributed by atoms with Crippen molar-refractivity contribution < 1.29 is 4.79 Å². The molecule has 2 aromatic rings. The second kappa shape index (κ2) is 7.23. The van der Waals surface area contributed by atoms with Gasteiger partial charge in [0.2, 0.25) is 0 Å². The fourth-order valence-electron chi connectivity index (χ4n) is 1.66. The van der Waals surface area contributed by atoms with Crippen LogP contribution in [0.2, 0.25) is 0 Å². The van der Waals surface area contributed by atoms with E-state index in [1.54, 1.807) is 0 Å². The Morgan fingerprint density at radius 3 is 2.30 bits per heavy atom. The normalized spacial score (nSPS) is 10.4. The molecule has 0 atom stereocenters. The van der Waals surface area contributed by atoms with E-state index in [1.165, 1.54) is 0 Å². The summed E-state index contributed by atoms with van der Waals surface area (Å²) in [4.78, 5) is 12.4. The van der Waals surface area contributed by atoms with Gasteiger partial charge in [0, 0.05) is 15.2 Å². The van der Waals surface area contributed by atoms with Crippen molar-refractivity contribution in [2.45, 2.75) is 6.92 Å². The molecule has 0 aliphatic heterocycles. The van der Waals surface area contributed by atoms with Gasteiger partial charge >= 0.3 is 0 Å². The molecular weight excluding hydrogens is 659 g/mol. The molecule has 2 nitrogen and oxygen atoms in total. The largest absolute Gasteiger partial charge is 0.320 e. The highest BCUT2D eigenvalue weighted by Gasteiger charge is 2.14. The van der Waals surface area contributed by atoms with Gasteiger partial charge in [0.05, 0.1) is 11.3 Å². The minimum Gasteiger partial charge on any atom is -0.320 e. The van der Waals surface area contributed by atoms with Crippen molar-refractivity contribution in [1.29, 1.82) is 0 Å². The van der Waals surface area contributed by atoms with Crippen molar-refractivity contribution >= 4 is 95.3 Å². The summed E-state index contributed by atoms with van der Waals surface area (Å²) in [6.07, 6.45) is 0. The summed E-state index contributed by atoms with van der Waals surface area (Å²) in [6, 6.07) is 9.84. The van der Waals surface area contributed by atoms with E-state index in [0.29, 0.717) is 5.56 Å². The van der Waals surface area contributed by atoms with E-state index in [4.69, 9.17) is 0 Å². The van der Waals surface area contributed by atoms with Crippen molar-refractivity contribution in [3.8, 4) is 0 Å². The zero-order chi connectivity index (χ0) is 14.9. The Morgan fingerprint density at radius 1 is 1.10 bits per heavy atom. The number of nitrogens with one attached hydrogen (secondary N) is 1. The number of halogens is 4. The molecule has 0 radical (unpaired) electrons. The molecule has 2 rings (SSSR count). The molecule has 20 heavy (non-hydrogen) atoms. The van der Waals surface area contributed by atoms with Gasteiger partial charge in [-0.25, -0.2) is 0 Å². The number of amides is 1. The second-order valence-electron chi connectivity index (χ2n) is 4.18. The maximum absolute atomic E-state index is 12.4. The number of hydrogen-bond donors (Lipinski definition) is 1. The number of anilines is 1. The van der Waals surface area contributed by atoms with Crippen LogP contribution in [0.25, 0.3) is 0 Å². The molecule has 6 heteroatoms. The van der Waals surface area contributed by atoms with E-state index in [-0.39, 0.29) is 5.91 Å². The van der Waals surface area contributed by atoms with E-state index < -0.39 is 0 Å². The lowest BCUT2D eigenvalue weighted by molar-refractivity contribution is 0.102. The summed E-state index contributed by atoms with van der Waals surface area (Å²) in [7, 11) is 0. The summed E-state index contributed by atoms with van der Waals surface area (Å²) < 4.78 is 4.04. The number of hydrogen-bond acceptors (Lipinski definition) is 1. The predicted octanol–water partition coefficient (Wildman–Crippen LogP) is 5.82. The van der Waals surface area contributed by atoms with Crippen LogP contribution >= 0.6 is 83.7 Å². The highest BCUT2D eigenvalue weighted by atomic mass is 127. The number of aryl methyl sites for hydroxylation is 1. The van der Waals surface area contributed by atoms with Gasteiger partial charge in [0.15, 0.2) is 0 Å². The van der Waals surface area contributed by atoms with E-state index in [1.807, 2.05) is 37.3 Å². The first-order valence-electron chi connectivity index (χ1n) is 5.60. The lowest BCUT2D eigenvalue weighted by atomic mass is 10.1. The molecule has 0 saturated carbocycles. The zero-order valence-corrected chi connectivity index (χ0v) is 18.4. The fourth-order valence-corrected chi connectivity index (χ4v) is 5.93. The van der Waals surface area contributed by atoms with Gasteiger partial charge in [-0.15, -0.1) is 0 Å². The van der Waals surface area contributed by atoms with Gasteiger partial charge in [0.1, 0.15) is 0 Å². The monoisotopic (exact) mass is 667 g/mol. The Balaban J connectivity index is 2.35. The predicted molar refractivity (Wildman–Crippen MR) is 111 cm³/mol. The molecule has 0 heterocycles. The van der Waals surface area contributed by atoms with Crippen LogP contribution in [0.15, 0.2) is 34.8 Å². The van der Waals surface area contributed by atoms with Gasteiger partial charge in [-0.05, 0) is 115 Å². The molecule has 0 spiro atoms. The Labute approximate surface area is 167 Å². The first-order chi connectivity index (χ1) is 9.38. The first kappa shape index (κ1) is 16.9. The molecular formula is C14H9BrI3NO. The minimum atomic E-state index is -0.0994. The van der Waals surface area contributed by atoms with Gasteiger partial charge in [0.25, 0.3) is 5.91 Å². The molecule has 1 amide bonds. The Hall–Kier alpha value is 0.580. The molecule has 104 valence electrons. The average Bonchev–Trinajstić information content (AvgIpc) is 2.36. The quantitative estimate of drug-likeness (QED) is 0.402. The molecule has 1 N–H and O–H groups in total. The van der Waals surface area contributed by atoms with Crippen molar-refractivity contribution in [2.24, 2.45) is 0 Å². The standard InChI is InChI=1S/C14H9BrI3NO/c1-7-2-3-10(15)9(4-7)14(20)19-13-11(17)5-8(16)6-12(13)18/h2-6H,1H3,(H,19,20). The number of carbonyl (C=O) groups is 1. The average molecular weight is 668 g/mol. The van der Waals surface area contributed by atoms with Crippen LogP contribution in [0.3, 0.4) is 0 Å². The van der Waals surface area contributed by atoms with Crippen LogP contribution in [0, 0.1) is 17.6 Å². The van der Waals surface area contributed by atoms with Gasteiger partial charge in [-0.1, -0.05) is 11.6 Å². The minimum absolute atomic E-state index is 0.0994. The van der Waals surface area contributed by atoms with Crippen molar-refractivity contribution in [3.05, 3.63) is 56.6 Å². The maximum atomic E-state index is 12.4. The summed E-state index contributed by atoms with van der Waals surface area (Å²) in [5, 5.41) is 3.00. The van der Waals surface area contributed by atoms with Gasteiger partial charge < -0.3 is 5.32 Å². The highest BCUT2D eigenvalue weighted by molar-refractivity contribution is 14.1. The molecule has 0 fully saturated rings. The SMILES string of the molecule is Cc1ccc(Br)c(C(=O)Nc2c(I)cc(I)cc2I)c1. The molecule has 0 saturated heterocycles. The Morgan fingerprint density at radius 2 is 1.70 bits per heavy atom. The third-order valence-electron chi connectivity index (χ3n) is 2.61. The van der Waals surface area contributed by atoms with Crippen LogP contribution in [0.4, 0.5) is 5.69 Å². The number of benzene rings is 2. The Kier molecular flexibility index (Phi) is 6.12. The molecule has 0 unspecified atom stereocenters. The lowest BCUT2D eigenvalue weighted by Crippen LogP contribution is -2.15. The first-order valence-corrected chi connectivity index (χ1v) is 9.63. The third-order valence-corrected chi connectivity index (χ3v) is 5.63. The van der Waals surface area contributed by atoms with E-state index in [9.17, 15) is 4.79 Å². The number of carbonyl (C=O) groups excluding carboxylic acids is 1. The summed E-state index contributed by atoms with van der Waals surface area (Å²) >= 11 is 10.2. The summed E-state index contributed by atoms with van der Waals surface area (Å²) in [5.41, 5.74) is 2.57. The smallest absolute Gasteiger partial charge is 0.256 e. The Bertz CT molecular complexity index is 665. The van der Waals surface area contributed by atoms with Crippen molar-refractivity contribution in [1.82, 2.24) is 0 Å². The van der Waals surface area contributed by atoms with Crippen LogP contribution in [0.5, 0.6) is 0 Å². The second-order valence-corrected chi connectivity index (χ2v) is 8.61. The lowest BCUT2D eigenvalue weighted by Gasteiger charge is -2.12. The van der Waals surface area contributed by atoms with Crippen LogP contribution in [-0.4, -0.2) is 5.91 Å². The molecule has 0 aliphatic carbocycles. The molecule has 0 aromatic heterocycles. The van der Waals surface area contributed by atoms with Crippen molar-refractivity contribution in [3.63, 3.8) is 0 Å². The number of rotatable bonds is 2. The topological polar surface area (TPSA) is 29.1 Å². The van der Waals surface area contributed by atoms with Crippen molar-refractivity contribution in [2.75, 3.05) is 5.32 Å². The van der Waals surface area contributed by atoms with Gasteiger partial charge in [-0.3, -0.25) is 4.79 Å². The van der Waals surface area contributed by atoms with Gasteiger partial charge in [-0.2, -0.15) is 0 Å². The van der Waals surface area contributed by atoms with Crippen LogP contribution < -0.4 is 5.32 Å². The van der Waals surface area contributed by atoms with E-state index >= 15 is 0 Å². The molecule has 0 aliphatic rings.